The summed E-state index contributed by atoms with van der Waals surface area (Å²) in [4.78, 5) is 4.38. The van der Waals surface area contributed by atoms with Gasteiger partial charge in [0.15, 0.2) is 0 Å². The molecule has 0 bridgehead atoms. The molecule has 1 aromatic heterocycles. The van der Waals surface area contributed by atoms with Gasteiger partial charge in [-0.15, -0.1) is 11.6 Å². The molecule has 2 rings (SSSR count). The summed E-state index contributed by atoms with van der Waals surface area (Å²) in [5, 5.41) is 5.54. The van der Waals surface area contributed by atoms with Crippen molar-refractivity contribution in [1.82, 2.24) is 4.98 Å². The van der Waals surface area contributed by atoms with Crippen LogP contribution in [0.5, 0.6) is 5.75 Å². The van der Waals surface area contributed by atoms with Crippen molar-refractivity contribution in [3.63, 3.8) is 0 Å². The smallest absolute Gasteiger partial charge is 0.133 e. The summed E-state index contributed by atoms with van der Waals surface area (Å²) in [5.41, 5.74) is 0. The minimum Gasteiger partial charge on any atom is -0.497 e. The lowest BCUT2D eigenvalue weighted by atomic mass is 10.1. The van der Waals surface area contributed by atoms with E-state index in [1.54, 1.807) is 13.3 Å². The van der Waals surface area contributed by atoms with Crippen LogP contribution in [-0.2, 0) is 4.74 Å². The zero-order valence-electron chi connectivity index (χ0n) is 11.6. The van der Waals surface area contributed by atoms with Gasteiger partial charge in [0, 0.05) is 30.6 Å². The Kier molecular flexibility index (Phi) is 5.89. The van der Waals surface area contributed by atoms with E-state index in [4.69, 9.17) is 21.1 Å². The number of methoxy groups -OCH3 is 1. The largest absolute Gasteiger partial charge is 0.497 e. The summed E-state index contributed by atoms with van der Waals surface area (Å²) in [6.45, 7) is 2.13. The Morgan fingerprint density at radius 3 is 2.95 bits per heavy atom. The number of rotatable bonds is 8. The number of benzene rings is 1. The molecule has 0 amide bonds. The normalized spacial score (nSPS) is 10.7. The van der Waals surface area contributed by atoms with E-state index in [9.17, 15) is 0 Å². The second-order valence-electron chi connectivity index (χ2n) is 4.33. The van der Waals surface area contributed by atoms with Crippen molar-refractivity contribution in [3.8, 4) is 5.75 Å². The fourth-order valence-corrected chi connectivity index (χ4v) is 2.07. The number of pyridine rings is 1. The van der Waals surface area contributed by atoms with Crippen LogP contribution in [-0.4, -0.2) is 37.7 Å². The minimum atomic E-state index is 0.542. The van der Waals surface area contributed by atoms with Crippen molar-refractivity contribution < 1.29 is 9.47 Å². The summed E-state index contributed by atoms with van der Waals surface area (Å²) in [6.07, 6.45) is 2.72. The second kappa shape index (κ2) is 7.92. The van der Waals surface area contributed by atoms with Gasteiger partial charge in [0.2, 0.25) is 0 Å². The number of halogens is 1. The van der Waals surface area contributed by atoms with Gasteiger partial charge in [-0.05, 0) is 36.1 Å². The molecule has 0 radical (unpaired) electrons. The monoisotopic (exact) mass is 294 g/mol. The van der Waals surface area contributed by atoms with Gasteiger partial charge >= 0.3 is 0 Å². The molecule has 0 aliphatic carbocycles. The van der Waals surface area contributed by atoms with Crippen molar-refractivity contribution in [3.05, 3.63) is 30.5 Å². The fourth-order valence-electron chi connectivity index (χ4n) is 1.96. The summed E-state index contributed by atoms with van der Waals surface area (Å²) >= 11 is 5.54. The number of nitrogens with one attached hydrogen (secondary N) is 1. The summed E-state index contributed by atoms with van der Waals surface area (Å²) in [5.74, 6) is 2.28. The van der Waals surface area contributed by atoms with Crippen LogP contribution in [0.4, 0.5) is 5.82 Å². The summed E-state index contributed by atoms with van der Waals surface area (Å²) < 4.78 is 10.6. The van der Waals surface area contributed by atoms with E-state index in [-0.39, 0.29) is 0 Å². The number of anilines is 1. The number of aromatic nitrogens is 1. The van der Waals surface area contributed by atoms with Gasteiger partial charge in [-0.3, -0.25) is 0 Å². The number of fused-ring (bicyclic) bond motifs is 1. The van der Waals surface area contributed by atoms with Gasteiger partial charge < -0.3 is 14.8 Å². The molecule has 0 aliphatic heterocycles. The predicted octanol–water partition coefficient (Wildman–Crippen LogP) is 3.30. The third-order valence-corrected chi connectivity index (χ3v) is 3.11. The van der Waals surface area contributed by atoms with Crippen molar-refractivity contribution in [2.24, 2.45) is 0 Å². The Morgan fingerprint density at radius 1 is 1.25 bits per heavy atom. The Balaban J connectivity index is 1.96. The second-order valence-corrected chi connectivity index (χ2v) is 4.71. The number of alkyl halides is 1. The third kappa shape index (κ3) is 3.99. The average molecular weight is 295 g/mol. The molecule has 1 aromatic carbocycles. The number of hydrogen-bond acceptors (Lipinski definition) is 4. The molecule has 5 heteroatoms. The molecular formula is C15H19ClN2O2. The molecule has 0 atom stereocenters. The fraction of sp³-hybridized carbons (Fsp3) is 0.400. The van der Waals surface area contributed by atoms with E-state index in [1.807, 2.05) is 24.3 Å². The van der Waals surface area contributed by atoms with Crippen LogP contribution in [0.2, 0.25) is 0 Å². The molecule has 1 N–H and O–H groups in total. The van der Waals surface area contributed by atoms with Crippen molar-refractivity contribution in [1.29, 1.82) is 0 Å². The van der Waals surface area contributed by atoms with E-state index in [2.05, 4.69) is 10.3 Å². The topological polar surface area (TPSA) is 43.4 Å². The van der Waals surface area contributed by atoms with E-state index >= 15 is 0 Å². The van der Waals surface area contributed by atoms with Gasteiger partial charge in [-0.25, -0.2) is 4.98 Å². The first-order chi connectivity index (χ1) is 9.85. The Morgan fingerprint density at radius 2 is 2.15 bits per heavy atom. The molecule has 1 heterocycles. The number of ether oxygens (including phenoxy) is 2. The van der Waals surface area contributed by atoms with Crippen molar-refractivity contribution in [2.45, 2.75) is 6.42 Å². The maximum atomic E-state index is 5.54. The predicted molar refractivity (Wildman–Crippen MR) is 82.9 cm³/mol. The average Bonchev–Trinajstić information content (AvgIpc) is 2.50. The lowest BCUT2D eigenvalue weighted by Gasteiger charge is -2.09. The summed E-state index contributed by atoms with van der Waals surface area (Å²) in [6, 6.07) is 7.95. The molecule has 0 unspecified atom stereocenters. The lowest BCUT2D eigenvalue weighted by Crippen LogP contribution is -2.08. The van der Waals surface area contributed by atoms with Crippen LogP contribution < -0.4 is 10.1 Å². The van der Waals surface area contributed by atoms with Crippen LogP contribution in [0.1, 0.15) is 6.42 Å². The standard InChI is InChI=1S/C15H19ClN2O2/c1-19-13-3-4-14-12(11-13)5-8-18-15(14)17-7-2-9-20-10-6-16/h3-5,8,11H,2,6-7,9-10H2,1H3,(H,17,18). The highest BCUT2D eigenvalue weighted by atomic mass is 35.5. The van der Waals surface area contributed by atoms with Crippen LogP contribution in [0.25, 0.3) is 10.8 Å². The molecule has 20 heavy (non-hydrogen) atoms. The summed E-state index contributed by atoms with van der Waals surface area (Å²) in [7, 11) is 1.67. The van der Waals surface area contributed by atoms with Crippen molar-refractivity contribution >= 4 is 28.2 Å². The SMILES string of the molecule is COc1ccc2c(NCCCOCCCl)nccc2c1. The first-order valence-electron chi connectivity index (χ1n) is 6.65. The van der Waals surface area contributed by atoms with Crippen LogP contribution in [0.15, 0.2) is 30.5 Å². The van der Waals surface area contributed by atoms with E-state index in [1.165, 1.54) is 0 Å². The molecule has 4 nitrogen and oxygen atoms in total. The van der Waals surface area contributed by atoms with Crippen LogP contribution >= 0.6 is 11.6 Å². The maximum Gasteiger partial charge on any atom is 0.133 e. The first-order valence-corrected chi connectivity index (χ1v) is 7.19. The quantitative estimate of drug-likeness (QED) is 0.599. The first kappa shape index (κ1) is 14.9. The van der Waals surface area contributed by atoms with Gasteiger partial charge in [0.05, 0.1) is 13.7 Å². The zero-order valence-corrected chi connectivity index (χ0v) is 12.3. The third-order valence-electron chi connectivity index (χ3n) is 2.95. The Hall–Kier alpha value is -1.52. The van der Waals surface area contributed by atoms with Gasteiger partial charge in [-0.2, -0.15) is 0 Å². The van der Waals surface area contributed by atoms with Crippen LogP contribution in [0, 0.1) is 0 Å². The highest BCUT2D eigenvalue weighted by molar-refractivity contribution is 6.17. The molecule has 0 fully saturated rings. The molecule has 108 valence electrons. The molecular weight excluding hydrogens is 276 g/mol. The lowest BCUT2D eigenvalue weighted by molar-refractivity contribution is 0.149. The molecule has 0 saturated carbocycles. The molecule has 0 spiro atoms. The Labute approximate surface area is 124 Å². The Bertz CT molecular complexity index is 548. The van der Waals surface area contributed by atoms with Gasteiger partial charge in [0.1, 0.15) is 11.6 Å². The van der Waals surface area contributed by atoms with Gasteiger partial charge in [-0.1, -0.05) is 0 Å². The maximum absolute atomic E-state index is 5.54. The molecule has 0 aliphatic rings. The van der Waals surface area contributed by atoms with E-state index in [0.717, 1.165) is 35.3 Å². The number of hydrogen-bond donors (Lipinski definition) is 1. The highest BCUT2D eigenvalue weighted by Crippen LogP contribution is 2.25. The highest BCUT2D eigenvalue weighted by Gasteiger charge is 2.03. The van der Waals surface area contributed by atoms with E-state index < -0.39 is 0 Å². The zero-order chi connectivity index (χ0) is 14.2. The van der Waals surface area contributed by atoms with E-state index in [0.29, 0.717) is 19.1 Å². The van der Waals surface area contributed by atoms with Crippen molar-refractivity contribution in [2.75, 3.05) is 38.1 Å². The minimum absolute atomic E-state index is 0.542. The molecule has 0 saturated heterocycles. The number of nitrogens with zero attached hydrogens (tertiary/aromatic N) is 1. The van der Waals surface area contributed by atoms with Crippen LogP contribution in [0.3, 0.4) is 0 Å². The van der Waals surface area contributed by atoms with Gasteiger partial charge in [0.25, 0.3) is 0 Å². The molecule has 2 aromatic rings.